The van der Waals surface area contributed by atoms with Gasteiger partial charge in [-0.1, -0.05) is 24.3 Å². The molecule has 0 spiro atoms. The zero-order valence-corrected chi connectivity index (χ0v) is 20.2. The first kappa shape index (κ1) is 25.6. The average Bonchev–Trinajstić information content (AvgIpc) is 2.81. The molecule has 3 aromatic rings. The van der Waals surface area contributed by atoms with Crippen LogP contribution in [0.1, 0.15) is 16.8 Å². The highest BCUT2D eigenvalue weighted by atomic mass is 32.2. The maximum atomic E-state index is 13.6. The van der Waals surface area contributed by atoms with Crippen LogP contribution in [0.4, 0.5) is 8.78 Å². The molecule has 1 aromatic heterocycles. The van der Waals surface area contributed by atoms with Gasteiger partial charge in [0.2, 0.25) is 5.43 Å². The summed E-state index contributed by atoms with van der Waals surface area (Å²) in [6, 6.07) is 11.4. The summed E-state index contributed by atoms with van der Waals surface area (Å²) in [6.07, 6.45) is 1.55. The predicted molar refractivity (Wildman–Crippen MR) is 129 cm³/mol. The van der Waals surface area contributed by atoms with Crippen molar-refractivity contribution in [3.63, 3.8) is 0 Å². The molecular weight excluding hydrogens is 492 g/mol. The molecular formula is C25H25F2N3O5S. The number of rotatable bonds is 8. The Morgan fingerprint density at radius 2 is 1.69 bits per heavy atom. The second-order valence-corrected chi connectivity index (χ2v) is 10.9. The molecule has 0 amide bonds. The van der Waals surface area contributed by atoms with Crippen LogP contribution in [0.3, 0.4) is 0 Å². The molecule has 11 heteroatoms. The Bertz CT molecular complexity index is 1390. The lowest BCUT2D eigenvalue weighted by molar-refractivity contribution is -0.143. The van der Waals surface area contributed by atoms with E-state index in [1.807, 2.05) is 4.90 Å². The zero-order valence-electron chi connectivity index (χ0n) is 19.4. The van der Waals surface area contributed by atoms with E-state index in [4.69, 9.17) is 4.74 Å². The fourth-order valence-corrected chi connectivity index (χ4v) is 5.18. The SMILES string of the molecule is O=C(Cc1cccc(Cc2nn(-c3cc(F)cc(F)c3)ccc2=O)c1)OCCN1CCS(=O)(=O)CC1. The molecule has 0 saturated carbocycles. The van der Waals surface area contributed by atoms with E-state index in [-0.39, 0.29) is 47.8 Å². The average molecular weight is 518 g/mol. The van der Waals surface area contributed by atoms with Crippen molar-refractivity contribution in [1.29, 1.82) is 0 Å². The Morgan fingerprint density at radius 1 is 1.00 bits per heavy atom. The van der Waals surface area contributed by atoms with Crippen LogP contribution in [-0.2, 0) is 32.2 Å². The monoisotopic (exact) mass is 517 g/mol. The summed E-state index contributed by atoms with van der Waals surface area (Å²) in [7, 11) is -2.95. The van der Waals surface area contributed by atoms with E-state index < -0.39 is 27.4 Å². The smallest absolute Gasteiger partial charge is 0.310 e. The van der Waals surface area contributed by atoms with Crippen LogP contribution in [0.15, 0.2) is 59.5 Å². The van der Waals surface area contributed by atoms with Crippen LogP contribution in [0.2, 0.25) is 0 Å². The number of benzene rings is 2. The third-order valence-corrected chi connectivity index (χ3v) is 7.42. The van der Waals surface area contributed by atoms with Gasteiger partial charge in [0.05, 0.1) is 23.6 Å². The van der Waals surface area contributed by atoms with Crippen molar-refractivity contribution in [3.8, 4) is 5.69 Å². The fourth-order valence-electron chi connectivity index (χ4n) is 3.91. The van der Waals surface area contributed by atoms with Crippen molar-refractivity contribution < 1.29 is 26.7 Å². The summed E-state index contributed by atoms with van der Waals surface area (Å²) in [4.78, 5) is 26.6. The predicted octanol–water partition coefficient (Wildman–Crippen LogP) is 1.92. The molecule has 0 atom stereocenters. The van der Waals surface area contributed by atoms with Crippen molar-refractivity contribution in [1.82, 2.24) is 14.7 Å². The van der Waals surface area contributed by atoms with Gasteiger partial charge in [0.1, 0.15) is 23.9 Å². The Morgan fingerprint density at radius 3 is 2.42 bits per heavy atom. The minimum absolute atomic E-state index is 0.0389. The lowest BCUT2D eigenvalue weighted by Crippen LogP contribution is -2.41. The number of esters is 1. The Hall–Kier alpha value is -3.44. The first-order valence-electron chi connectivity index (χ1n) is 11.4. The molecule has 1 aliphatic heterocycles. The van der Waals surface area contributed by atoms with Gasteiger partial charge in [0.25, 0.3) is 0 Å². The maximum absolute atomic E-state index is 13.6. The number of carbonyl (C=O) groups is 1. The van der Waals surface area contributed by atoms with E-state index in [1.54, 1.807) is 24.3 Å². The van der Waals surface area contributed by atoms with E-state index in [0.717, 1.165) is 23.8 Å². The van der Waals surface area contributed by atoms with Crippen molar-refractivity contribution in [3.05, 3.63) is 93.4 Å². The van der Waals surface area contributed by atoms with Crippen LogP contribution in [0.25, 0.3) is 5.69 Å². The Labute approximate surface area is 207 Å². The number of halogens is 2. The summed E-state index contributed by atoms with van der Waals surface area (Å²) < 4.78 is 56.7. The topological polar surface area (TPSA) is 98.6 Å². The number of nitrogens with zero attached hydrogens (tertiary/aromatic N) is 3. The summed E-state index contributed by atoms with van der Waals surface area (Å²) in [5, 5.41) is 4.24. The molecule has 190 valence electrons. The van der Waals surface area contributed by atoms with E-state index >= 15 is 0 Å². The number of ether oxygens (including phenoxy) is 1. The van der Waals surface area contributed by atoms with Crippen LogP contribution < -0.4 is 5.43 Å². The van der Waals surface area contributed by atoms with Crippen molar-refractivity contribution in [2.75, 3.05) is 37.7 Å². The maximum Gasteiger partial charge on any atom is 0.310 e. The van der Waals surface area contributed by atoms with Crippen molar-refractivity contribution in [2.24, 2.45) is 0 Å². The van der Waals surface area contributed by atoms with Gasteiger partial charge < -0.3 is 4.74 Å². The van der Waals surface area contributed by atoms with Crippen molar-refractivity contribution >= 4 is 15.8 Å². The summed E-state index contributed by atoms with van der Waals surface area (Å²) in [5.74, 6) is -1.68. The normalized spacial score (nSPS) is 15.5. The summed E-state index contributed by atoms with van der Waals surface area (Å²) in [5.41, 5.74) is 1.45. The van der Waals surface area contributed by atoms with Gasteiger partial charge in [-0.25, -0.2) is 21.9 Å². The van der Waals surface area contributed by atoms with Crippen LogP contribution in [0.5, 0.6) is 0 Å². The lowest BCUT2D eigenvalue weighted by atomic mass is 10.0. The van der Waals surface area contributed by atoms with Gasteiger partial charge in [-0.05, 0) is 23.3 Å². The third-order valence-electron chi connectivity index (χ3n) is 5.81. The molecule has 8 nitrogen and oxygen atoms in total. The van der Waals surface area contributed by atoms with Gasteiger partial charge in [0, 0.05) is 44.4 Å². The first-order valence-corrected chi connectivity index (χ1v) is 13.2. The molecule has 1 aliphatic rings. The fraction of sp³-hybridized carbons (Fsp3) is 0.320. The van der Waals surface area contributed by atoms with Crippen molar-refractivity contribution in [2.45, 2.75) is 12.8 Å². The molecule has 0 bridgehead atoms. The Kier molecular flexibility index (Phi) is 7.90. The van der Waals surface area contributed by atoms with Gasteiger partial charge in [-0.3, -0.25) is 14.5 Å². The van der Waals surface area contributed by atoms with Gasteiger partial charge in [-0.15, -0.1) is 0 Å². The first-order chi connectivity index (χ1) is 17.2. The van der Waals surface area contributed by atoms with E-state index in [0.29, 0.717) is 25.2 Å². The molecule has 2 heterocycles. The van der Waals surface area contributed by atoms with E-state index in [2.05, 4.69) is 5.10 Å². The van der Waals surface area contributed by atoms with Crippen LogP contribution >= 0.6 is 0 Å². The molecule has 0 aliphatic carbocycles. The van der Waals surface area contributed by atoms with Crippen LogP contribution in [0, 0.1) is 11.6 Å². The molecule has 0 N–H and O–H groups in total. The molecule has 1 fully saturated rings. The number of sulfone groups is 1. The second kappa shape index (κ2) is 11.1. The number of aromatic nitrogens is 2. The lowest BCUT2D eigenvalue weighted by Gasteiger charge is -2.26. The summed E-state index contributed by atoms with van der Waals surface area (Å²) >= 11 is 0. The molecule has 1 saturated heterocycles. The highest BCUT2D eigenvalue weighted by Crippen LogP contribution is 2.13. The zero-order chi connectivity index (χ0) is 25.7. The van der Waals surface area contributed by atoms with E-state index in [9.17, 15) is 26.8 Å². The van der Waals surface area contributed by atoms with E-state index in [1.165, 1.54) is 16.9 Å². The molecule has 0 radical (unpaired) electrons. The minimum Gasteiger partial charge on any atom is -0.464 e. The number of hydrogen-bond acceptors (Lipinski definition) is 7. The summed E-state index contributed by atoms with van der Waals surface area (Å²) in [6.45, 7) is 1.52. The molecule has 2 aromatic carbocycles. The standard InChI is InChI=1S/C25H25F2N3O5S/c26-20-15-21(27)17-22(16-20)30-5-4-24(31)23(28-30)13-18-2-1-3-19(12-18)14-25(32)35-9-6-29-7-10-36(33,34)11-8-29/h1-5,12,15-17H,6-11,13-14H2. The second-order valence-electron chi connectivity index (χ2n) is 8.59. The minimum atomic E-state index is -2.95. The Balaban J connectivity index is 1.36. The molecule has 36 heavy (non-hydrogen) atoms. The highest BCUT2D eigenvalue weighted by molar-refractivity contribution is 7.91. The largest absolute Gasteiger partial charge is 0.464 e. The quantitative estimate of drug-likeness (QED) is 0.421. The van der Waals surface area contributed by atoms with Gasteiger partial charge in [0.15, 0.2) is 9.84 Å². The van der Waals surface area contributed by atoms with Crippen LogP contribution in [-0.4, -0.2) is 66.8 Å². The van der Waals surface area contributed by atoms with Gasteiger partial charge >= 0.3 is 5.97 Å². The third kappa shape index (κ3) is 7.05. The highest BCUT2D eigenvalue weighted by Gasteiger charge is 2.21. The number of carbonyl (C=O) groups excluding carboxylic acids is 1. The molecule has 4 rings (SSSR count). The molecule has 0 unspecified atom stereocenters. The number of hydrogen-bond donors (Lipinski definition) is 0. The van der Waals surface area contributed by atoms with Gasteiger partial charge in [-0.2, -0.15) is 5.10 Å².